The van der Waals surface area contributed by atoms with Gasteiger partial charge in [0.1, 0.15) is 11.5 Å². The summed E-state index contributed by atoms with van der Waals surface area (Å²) in [4.78, 5) is 43.6. The van der Waals surface area contributed by atoms with Crippen LogP contribution in [0.2, 0.25) is 0 Å². The van der Waals surface area contributed by atoms with E-state index in [0.717, 1.165) is 32.1 Å². The lowest BCUT2D eigenvalue weighted by Crippen LogP contribution is -2.50. The van der Waals surface area contributed by atoms with Gasteiger partial charge in [-0.2, -0.15) is 0 Å². The first-order valence-electron chi connectivity index (χ1n) is 10.7. The summed E-state index contributed by atoms with van der Waals surface area (Å²) >= 11 is 0. The quantitative estimate of drug-likeness (QED) is 0.539. The minimum absolute atomic E-state index is 0.0944. The minimum atomic E-state index is -0.766. The first-order chi connectivity index (χ1) is 14.8. The molecule has 1 aliphatic rings. The molecule has 1 heterocycles. The van der Waals surface area contributed by atoms with Crippen molar-refractivity contribution in [2.24, 2.45) is 0 Å². The van der Waals surface area contributed by atoms with Crippen LogP contribution in [0.5, 0.6) is 0 Å². The van der Waals surface area contributed by atoms with E-state index in [-0.39, 0.29) is 29.0 Å². The zero-order valence-electron chi connectivity index (χ0n) is 18.5. The number of aromatic amines is 1. The number of ether oxygens (including phenoxy) is 1. The number of halogens is 1. The maximum Gasteiger partial charge on any atom is 0.354 e. The number of esters is 1. The maximum absolute atomic E-state index is 13.8. The SMILES string of the molecule is COC(=O)c1[nH]c(C)c(C(=O)C(C)N(C(=O)c2cccc(F)c2)C2CCCCC2)c1C. The molecule has 6 nitrogen and oxygen atoms in total. The van der Waals surface area contributed by atoms with Crippen LogP contribution in [-0.4, -0.2) is 46.7 Å². The highest BCUT2D eigenvalue weighted by Crippen LogP contribution is 2.29. The molecule has 1 amide bonds. The van der Waals surface area contributed by atoms with E-state index in [1.165, 1.54) is 25.3 Å². The summed E-state index contributed by atoms with van der Waals surface area (Å²) in [6.45, 7) is 5.12. The van der Waals surface area contributed by atoms with E-state index in [1.54, 1.807) is 31.7 Å². The monoisotopic (exact) mass is 428 g/mol. The molecule has 0 saturated heterocycles. The van der Waals surface area contributed by atoms with E-state index in [9.17, 15) is 18.8 Å². The van der Waals surface area contributed by atoms with Crippen molar-refractivity contribution in [2.45, 2.75) is 65.0 Å². The van der Waals surface area contributed by atoms with Crippen LogP contribution >= 0.6 is 0 Å². The molecule has 1 unspecified atom stereocenters. The fourth-order valence-corrected chi connectivity index (χ4v) is 4.55. The van der Waals surface area contributed by atoms with E-state index in [1.807, 2.05) is 0 Å². The normalized spacial score (nSPS) is 15.4. The fourth-order valence-electron chi connectivity index (χ4n) is 4.55. The maximum atomic E-state index is 13.8. The van der Waals surface area contributed by atoms with E-state index >= 15 is 0 Å². The largest absolute Gasteiger partial charge is 0.464 e. The molecular formula is C24H29FN2O4. The molecule has 0 bridgehead atoms. The Hall–Kier alpha value is -2.96. The highest BCUT2D eigenvalue weighted by atomic mass is 19.1. The van der Waals surface area contributed by atoms with Crippen LogP contribution in [0.3, 0.4) is 0 Å². The molecule has 1 aromatic carbocycles. The van der Waals surface area contributed by atoms with Crippen LogP contribution in [0.4, 0.5) is 4.39 Å². The Balaban J connectivity index is 1.99. The van der Waals surface area contributed by atoms with E-state index in [0.29, 0.717) is 16.8 Å². The van der Waals surface area contributed by atoms with Crippen LogP contribution in [0.15, 0.2) is 24.3 Å². The van der Waals surface area contributed by atoms with Gasteiger partial charge in [0, 0.05) is 22.9 Å². The van der Waals surface area contributed by atoms with Gasteiger partial charge in [-0.05, 0) is 57.4 Å². The van der Waals surface area contributed by atoms with Crippen molar-refractivity contribution < 1.29 is 23.5 Å². The van der Waals surface area contributed by atoms with Gasteiger partial charge in [0.05, 0.1) is 13.2 Å². The standard InChI is InChI=1S/C24H29FN2O4/c1-14-20(15(2)26-21(14)24(30)31-4)22(28)16(3)27(19-11-6-5-7-12-19)23(29)17-9-8-10-18(25)13-17/h8-10,13,16,19,26H,5-7,11-12H2,1-4H3. The van der Waals surface area contributed by atoms with E-state index < -0.39 is 17.8 Å². The zero-order valence-corrected chi connectivity index (χ0v) is 18.5. The second-order valence-electron chi connectivity index (χ2n) is 8.17. The Bertz CT molecular complexity index is 991. The van der Waals surface area contributed by atoms with Gasteiger partial charge in [-0.15, -0.1) is 0 Å². The number of Topliss-reactive ketones (excluding diaryl/α,β-unsaturated/α-hetero) is 1. The Morgan fingerprint density at radius 3 is 2.45 bits per heavy atom. The zero-order chi connectivity index (χ0) is 22.7. The summed E-state index contributed by atoms with van der Waals surface area (Å²) in [5.74, 6) is -1.65. The number of hydrogen-bond acceptors (Lipinski definition) is 4. The van der Waals surface area contributed by atoms with Gasteiger partial charge in [0.15, 0.2) is 5.78 Å². The molecule has 1 fully saturated rings. The number of rotatable bonds is 6. The molecule has 166 valence electrons. The molecule has 0 aliphatic heterocycles. The molecule has 1 saturated carbocycles. The van der Waals surface area contributed by atoms with E-state index in [2.05, 4.69) is 4.98 Å². The number of nitrogens with zero attached hydrogens (tertiary/aromatic N) is 1. The van der Waals surface area contributed by atoms with Gasteiger partial charge in [0.2, 0.25) is 0 Å². The Morgan fingerprint density at radius 2 is 1.84 bits per heavy atom. The molecule has 1 N–H and O–H groups in total. The topological polar surface area (TPSA) is 79.5 Å². The number of benzene rings is 1. The third-order valence-electron chi connectivity index (χ3n) is 6.14. The van der Waals surface area contributed by atoms with Gasteiger partial charge in [-0.1, -0.05) is 25.3 Å². The Kier molecular flexibility index (Phi) is 6.93. The number of aromatic nitrogens is 1. The van der Waals surface area contributed by atoms with Crippen molar-refractivity contribution in [3.8, 4) is 0 Å². The van der Waals surface area contributed by atoms with Crippen LogP contribution in [-0.2, 0) is 4.74 Å². The number of amides is 1. The lowest BCUT2D eigenvalue weighted by Gasteiger charge is -2.38. The summed E-state index contributed by atoms with van der Waals surface area (Å²) < 4.78 is 18.6. The van der Waals surface area contributed by atoms with Crippen molar-refractivity contribution in [1.29, 1.82) is 0 Å². The Labute approximate surface area is 181 Å². The fraction of sp³-hybridized carbons (Fsp3) is 0.458. The van der Waals surface area contributed by atoms with Gasteiger partial charge < -0.3 is 14.6 Å². The highest BCUT2D eigenvalue weighted by Gasteiger charge is 2.36. The molecule has 1 aliphatic carbocycles. The third kappa shape index (κ3) is 4.55. The lowest BCUT2D eigenvalue weighted by atomic mass is 9.90. The molecule has 1 aromatic heterocycles. The summed E-state index contributed by atoms with van der Waals surface area (Å²) in [5.41, 5.74) is 1.90. The average molecular weight is 429 g/mol. The first kappa shape index (κ1) is 22.7. The highest BCUT2D eigenvalue weighted by molar-refractivity contribution is 6.07. The number of H-pyrrole nitrogens is 1. The number of carbonyl (C=O) groups excluding carboxylic acids is 3. The Morgan fingerprint density at radius 1 is 1.16 bits per heavy atom. The van der Waals surface area contributed by atoms with Gasteiger partial charge in [-0.25, -0.2) is 9.18 Å². The number of ketones is 1. The smallest absolute Gasteiger partial charge is 0.354 e. The van der Waals surface area contributed by atoms with Crippen molar-refractivity contribution in [2.75, 3.05) is 7.11 Å². The van der Waals surface area contributed by atoms with Crippen LogP contribution in [0.1, 0.15) is 81.5 Å². The summed E-state index contributed by atoms with van der Waals surface area (Å²) in [6, 6.07) is 4.70. The van der Waals surface area contributed by atoms with Crippen LogP contribution in [0.25, 0.3) is 0 Å². The molecule has 31 heavy (non-hydrogen) atoms. The predicted octanol–water partition coefficient (Wildman–Crippen LogP) is 4.60. The number of carbonyl (C=O) groups is 3. The molecule has 0 radical (unpaired) electrons. The molecule has 7 heteroatoms. The summed E-state index contributed by atoms with van der Waals surface area (Å²) in [7, 11) is 1.28. The summed E-state index contributed by atoms with van der Waals surface area (Å²) in [5, 5.41) is 0. The second-order valence-corrected chi connectivity index (χ2v) is 8.17. The van der Waals surface area contributed by atoms with Gasteiger partial charge in [0.25, 0.3) is 5.91 Å². The molecule has 0 spiro atoms. The van der Waals surface area contributed by atoms with Crippen LogP contribution < -0.4 is 0 Å². The van der Waals surface area contributed by atoms with Crippen LogP contribution in [0, 0.1) is 19.7 Å². The third-order valence-corrected chi connectivity index (χ3v) is 6.14. The summed E-state index contributed by atoms with van der Waals surface area (Å²) in [6.07, 6.45) is 4.66. The van der Waals surface area contributed by atoms with Crippen molar-refractivity contribution in [3.63, 3.8) is 0 Å². The predicted molar refractivity (Wildman–Crippen MR) is 115 cm³/mol. The van der Waals surface area contributed by atoms with Gasteiger partial charge in [-0.3, -0.25) is 9.59 Å². The molecule has 2 aromatic rings. The number of nitrogens with one attached hydrogen (secondary N) is 1. The van der Waals surface area contributed by atoms with Gasteiger partial charge >= 0.3 is 5.97 Å². The molecule has 3 rings (SSSR count). The van der Waals surface area contributed by atoms with Crippen molar-refractivity contribution in [1.82, 2.24) is 9.88 Å². The first-order valence-corrected chi connectivity index (χ1v) is 10.7. The minimum Gasteiger partial charge on any atom is -0.464 e. The second kappa shape index (κ2) is 9.45. The number of methoxy groups -OCH3 is 1. The van der Waals surface area contributed by atoms with Crippen molar-refractivity contribution in [3.05, 3.63) is 58.2 Å². The molecule has 1 atom stereocenters. The van der Waals surface area contributed by atoms with Crippen molar-refractivity contribution >= 4 is 17.7 Å². The number of aryl methyl sites for hydroxylation is 1. The number of hydrogen-bond donors (Lipinski definition) is 1. The van der Waals surface area contributed by atoms with E-state index in [4.69, 9.17) is 4.74 Å². The lowest BCUT2D eigenvalue weighted by molar-refractivity contribution is 0.0486. The molecular weight excluding hydrogens is 399 g/mol. The average Bonchev–Trinajstić information content (AvgIpc) is 3.07.